The average molecular weight is 380 g/mol. The van der Waals surface area contributed by atoms with Gasteiger partial charge in [-0.25, -0.2) is 0 Å². The van der Waals surface area contributed by atoms with E-state index in [0.29, 0.717) is 0 Å². The molecule has 0 saturated carbocycles. The highest BCUT2D eigenvalue weighted by Crippen LogP contribution is 2.43. The Labute approximate surface area is 158 Å². The number of hydrogen-bond acceptors (Lipinski definition) is 4. The van der Waals surface area contributed by atoms with Crippen LogP contribution in [0.2, 0.25) is 0 Å². The summed E-state index contributed by atoms with van der Waals surface area (Å²) in [6.45, 7) is 0. The Morgan fingerprint density at radius 1 is 0.821 bits per heavy atom. The molecular formula is C21H11F3N2O2. The van der Waals surface area contributed by atoms with Crippen LogP contribution >= 0.6 is 0 Å². The second kappa shape index (κ2) is 7.73. The van der Waals surface area contributed by atoms with Gasteiger partial charge in [0.05, 0.1) is 11.1 Å². The van der Waals surface area contributed by atoms with E-state index in [1.165, 1.54) is 30.3 Å². The van der Waals surface area contributed by atoms with E-state index in [1.54, 1.807) is 0 Å². The smallest absolute Gasteiger partial charge is 0.416 e. The lowest BCUT2D eigenvalue weighted by Crippen LogP contribution is -2.04. The Bertz CT molecular complexity index is 1070. The third kappa shape index (κ3) is 4.40. The van der Waals surface area contributed by atoms with Gasteiger partial charge in [-0.15, -0.1) is 0 Å². The number of rotatable bonds is 2. The summed E-state index contributed by atoms with van der Waals surface area (Å²) in [5, 5.41) is 17.9. The molecule has 3 aromatic rings. The van der Waals surface area contributed by atoms with Crippen LogP contribution in [-0.4, -0.2) is 0 Å². The normalized spacial score (nSPS) is 10.9. The van der Waals surface area contributed by atoms with Gasteiger partial charge in [0.1, 0.15) is 29.2 Å². The Morgan fingerprint density at radius 3 is 2.07 bits per heavy atom. The maximum Gasteiger partial charge on any atom is 0.416 e. The minimum absolute atomic E-state index is 0.0163. The summed E-state index contributed by atoms with van der Waals surface area (Å²) in [5.41, 5.74) is -0.769. The second-order valence-electron chi connectivity index (χ2n) is 5.58. The van der Waals surface area contributed by atoms with Gasteiger partial charge in [-0.3, -0.25) is 0 Å². The molecule has 3 aromatic carbocycles. The van der Waals surface area contributed by atoms with Crippen molar-refractivity contribution in [2.75, 3.05) is 0 Å². The minimum atomic E-state index is -4.48. The molecule has 0 aliphatic carbocycles. The van der Waals surface area contributed by atoms with Crippen molar-refractivity contribution in [1.29, 1.82) is 10.5 Å². The van der Waals surface area contributed by atoms with Crippen LogP contribution in [0.5, 0.6) is 23.0 Å². The van der Waals surface area contributed by atoms with Crippen molar-refractivity contribution in [1.82, 2.24) is 0 Å². The fourth-order valence-electron chi connectivity index (χ4n) is 2.30. The summed E-state index contributed by atoms with van der Waals surface area (Å²) in [5.74, 6) is 2.04. The summed E-state index contributed by atoms with van der Waals surface area (Å²) < 4.78 is 48.1. The maximum atomic E-state index is 12.6. The van der Waals surface area contributed by atoms with E-state index in [1.807, 2.05) is 36.4 Å². The van der Waals surface area contributed by atoms with E-state index in [0.717, 1.165) is 23.6 Å². The first-order chi connectivity index (χ1) is 13.4. The zero-order valence-corrected chi connectivity index (χ0v) is 14.2. The molecule has 4 rings (SSSR count). The number of hydrogen-bond donors (Lipinski definition) is 0. The molecule has 0 radical (unpaired) electrons. The summed E-state index contributed by atoms with van der Waals surface area (Å²) >= 11 is 0. The number of nitriles is 2. The molecule has 4 nitrogen and oxygen atoms in total. The summed E-state index contributed by atoms with van der Waals surface area (Å²) in [6, 6.07) is 20.1. The molecule has 7 heteroatoms. The first-order valence-corrected chi connectivity index (χ1v) is 7.97. The largest absolute Gasteiger partial charge is 0.456 e. The first kappa shape index (κ1) is 18.8. The zero-order valence-electron chi connectivity index (χ0n) is 14.2. The lowest BCUT2D eigenvalue weighted by molar-refractivity contribution is -0.137. The highest BCUT2D eigenvalue weighted by atomic mass is 19.4. The lowest BCUT2D eigenvalue weighted by atomic mass is 10.1. The van der Waals surface area contributed by atoms with Gasteiger partial charge in [-0.05, 0) is 42.5 Å². The topological polar surface area (TPSA) is 69.3 Å². The van der Waals surface area contributed by atoms with Crippen LogP contribution in [0.3, 0.4) is 0 Å². The number of para-hydroxylation sites is 2. The van der Waals surface area contributed by atoms with E-state index in [9.17, 15) is 13.2 Å². The fourth-order valence-corrected chi connectivity index (χ4v) is 2.30. The van der Waals surface area contributed by atoms with Gasteiger partial charge in [0.25, 0.3) is 0 Å². The van der Waals surface area contributed by atoms with Crippen LogP contribution < -0.4 is 9.47 Å². The predicted molar refractivity (Wildman–Crippen MR) is 93.9 cm³/mol. The third-order valence-electron chi connectivity index (χ3n) is 3.68. The quantitative estimate of drug-likeness (QED) is 0.398. The lowest BCUT2D eigenvalue weighted by Gasteiger charge is -2.11. The van der Waals surface area contributed by atoms with E-state index < -0.39 is 11.7 Å². The molecule has 0 bridgehead atoms. The van der Waals surface area contributed by atoms with Gasteiger partial charge in [0.2, 0.25) is 0 Å². The number of ether oxygens (including phenoxy) is 2. The van der Waals surface area contributed by atoms with Crippen LogP contribution in [0, 0.1) is 22.7 Å². The molecular weight excluding hydrogens is 369 g/mol. The van der Waals surface area contributed by atoms with Crippen LogP contribution in [0.1, 0.15) is 16.7 Å². The number of benzene rings is 3. The SMILES string of the molecule is N#Cc1cccc(Oc2cccc(C(F)(F)F)c2)c1C#N.c1ccc2c(c1)O2. The van der Waals surface area contributed by atoms with E-state index in [2.05, 4.69) is 0 Å². The van der Waals surface area contributed by atoms with Crippen LogP contribution in [0.25, 0.3) is 0 Å². The minimum Gasteiger partial charge on any atom is -0.456 e. The molecule has 1 heterocycles. The highest BCUT2D eigenvalue weighted by molar-refractivity contribution is 5.55. The van der Waals surface area contributed by atoms with Crippen molar-refractivity contribution >= 4 is 0 Å². The summed E-state index contributed by atoms with van der Waals surface area (Å²) in [6.07, 6.45) is -4.48. The molecule has 0 N–H and O–H groups in total. The Kier molecular flexibility index (Phi) is 5.19. The van der Waals surface area contributed by atoms with Crippen LogP contribution in [-0.2, 0) is 6.18 Å². The molecule has 1 aliphatic heterocycles. The molecule has 0 amide bonds. The Hall–Kier alpha value is -3.97. The van der Waals surface area contributed by atoms with Crippen molar-refractivity contribution in [2.45, 2.75) is 6.18 Å². The van der Waals surface area contributed by atoms with Crippen LogP contribution in [0.15, 0.2) is 66.7 Å². The molecule has 0 aromatic heterocycles. The second-order valence-corrected chi connectivity index (χ2v) is 5.58. The van der Waals surface area contributed by atoms with Gasteiger partial charge in [-0.1, -0.05) is 24.3 Å². The molecule has 0 fully saturated rings. The van der Waals surface area contributed by atoms with Gasteiger partial charge < -0.3 is 9.47 Å². The summed E-state index contributed by atoms with van der Waals surface area (Å²) in [4.78, 5) is 0. The van der Waals surface area contributed by atoms with Crippen molar-refractivity contribution in [3.8, 4) is 35.1 Å². The molecule has 1 aliphatic rings. The number of alkyl halides is 3. The third-order valence-corrected chi connectivity index (χ3v) is 3.68. The average Bonchev–Trinajstić information content (AvgIpc) is 3.47. The maximum absolute atomic E-state index is 12.6. The molecule has 0 unspecified atom stereocenters. The van der Waals surface area contributed by atoms with Crippen molar-refractivity contribution in [3.63, 3.8) is 0 Å². The van der Waals surface area contributed by atoms with Crippen LogP contribution in [0.4, 0.5) is 13.2 Å². The zero-order chi connectivity index (χ0) is 20.1. The molecule has 138 valence electrons. The molecule has 0 atom stereocenters. The van der Waals surface area contributed by atoms with E-state index >= 15 is 0 Å². The molecule has 0 saturated heterocycles. The van der Waals surface area contributed by atoms with Gasteiger partial charge >= 0.3 is 6.18 Å². The van der Waals surface area contributed by atoms with Gasteiger partial charge in [0, 0.05) is 0 Å². The van der Waals surface area contributed by atoms with Gasteiger partial charge in [0.15, 0.2) is 11.5 Å². The van der Waals surface area contributed by atoms with Gasteiger partial charge in [-0.2, -0.15) is 23.7 Å². The first-order valence-electron chi connectivity index (χ1n) is 7.97. The molecule has 28 heavy (non-hydrogen) atoms. The predicted octanol–water partition coefficient (Wildman–Crippen LogP) is 6.03. The van der Waals surface area contributed by atoms with Crippen molar-refractivity contribution in [2.24, 2.45) is 0 Å². The fraction of sp³-hybridized carbons (Fsp3) is 0.0476. The Balaban J connectivity index is 0.000000264. The highest BCUT2D eigenvalue weighted by Gasteiger charge is 2.30. The van der Waals surface area contributed by atoms with Crippen molar-refractivity contribution < 1.29 is 22.6 Å². The number of fused-ring (bicyclic) bond motifs is 1. The van der Waals surface area contributed by atoms with Crippen molar-refractivity contribution in [3.05, 3.63) is 83.4 Å². The van der Waals surface area contributed by atoms with E-state index in [-0.39, 0.29) is 22.6 Å². The standard InChI is InChI=1S/C15H7F3N2O.C6H4O/c16-15(17,18)11-4-2-5-12(7-11)21-14-6-1-3-10(8-19)13(14)9-20;1-2-4-6-5(3-1)7-6/h1-7H;1-4H. The Morgan fingerprint density at radius 2 is 1.50 bits per heavy atom. The van der Waals surface area contributed by atoms with E-state index in [4.69, 9.17) is 20.0 Å². The number of halogens is 3. The summed E-state index contributed by atoms with van der Waals surface area (Å²) in [7, 11) is 0. The molecule has 0 spiro atoms. The number of nitrogens with zero attached hydrogens (tertiary/aromatic N) is 2. The monoisotopic (exact) mass is 380 g/mol.